The molecular weight excluding hydrogens is 196 g/mol. The van der Waals surface area contributed by atoms with Gasteiger partial charge in [-0.2, -0.15) is 0 Å². The molecule has 0 radical (unpaired) electrons. The zero-order valence-corrected chi connectivity index (χ0v) is 9.21. The van der Waals surface area contributed by atoms with Gasteiger partial charge in [-0.05, 0) is 19.3 Å². The Labute approximate surface area is 90.9 Å². The Morgan fingerprint density at radius 2 is 1.73 bits per heavy atom. The van der Waals surface area contributed by atoms with Crippen molar-refractivity contribution >= 4 is 0 Å². The maximum atomic E-state index is 9.58. The van der Waals surface area contributed by atoms with Gasteiger partial charge in [0, 0.05) is 12.5 Å². The Kier molecular flexibility index (Phi) is 7.60. The summed E-state index contributed by atoms with van der Waals surface area (Å²) < 4.78 is 0. The van der Waals surface area contributed by atoms with E-state index in [0.29, 0.717) is 19.3 Å². The molecule has 0 aromatic rings. The van der Waals surface area contributed by atoms with E-state index in [9.17, 15) is 15.3 Å². The van der Waals surface area contributed by atoms with Gasteiger partial charge < -0.3 is 20.4 Å². The van der Waals surface area contributed by atoms with Crippen molar-refractivity contribution in [2.75, 3.05) is 6.61 Å². The molecule has 0 aliphatic rings. The van der Waals surface area contributed by atoms with Gasteiger partial charge in [0.25, 0.3) is 0 Å². The average Bonchev–Trinajstić information content (AvgIpc) is 2.24. The second kappa shape index (κ2) is 7.82. The summed E-state index contributed by atoms with van der Waals surface area (Å²) in [5.74, 6) is -0.171. The van der Waals surface area contributed by atoms with E-state index in [2.05, 4.69) is 6.58 Å². The van der Waals surface area contributed by atoms with Gasteiger partial charge in [0.1, 0.15) is 0 Å². The van der Waals surface area contributed by atoms with Gasteiger partial charge in [0.15, 0.2) is 0 Å². The Morgan fingerprint density at radius 3 is 2.20 bits per heavy atom. The summed E-state index contributed by atoms with van der Waals surface area (Å²) in [6, 6.07) is 0. The quantitative estimate of drug-likeness (QED) is 0.434. The van der Waals surface area contributed by atoms with Crippen LogP contribution in [0.5, 0.6) is 0 Å². The van der Waals surface area contributed by atoms with Gasteiger partial charge in [0.2, 0.25) is 0 Å². The first-order valence-electron chi connectivity index (χ1n) is 5.30. The van der Waals surface area contributed by atoms with Crippen LogP contribution in [0.2, 0.25) is 0 Å². The molecule has 0 bridgehead atoms. The van der Waals surface area contributed by atoms with Crippen molar-refractivity contribution in [2.45, 2.75) is 44.5 Å². The van der Waals surface area contributed by atoms with Gasteiger partial charge in [-0.1, -0.05) is 13.0 Å². The molecule has 15 heavy (non-hydrogen) atoms. The second-order valence-corrected chi connectivity index (χ2v) is 3.90. The molecule has 0 fully saturated rings. The van der Waals surface area contributed by atoms with Crippen molar-refractivity contribution in [1.29, 1.82) is 0 Å². The molecule has 0 heterocycles. The molecule has 4 N–H and O–H groups in total. The van der Waals surface area contributed by atoms with Crippen molar-refractivity contribution in [3.8, 4) is 0 Å². The number of aliphatic hydroxyl groups excluding tert-OH is 4. The highest BCUT2D eigenvalue weighted by Gasteiger charge is 2.21. The first-order chi connectivity index (χ1) is 7.02. The van der Waals surface area contributed by atoms with Crippen molar-refractivity contribution < 1.29 is 20.4 Å². The highest BCUT2D eigenvalue weighted by Crippen LogP contribution is 2.14. The van der Waals surface area contributed by atoms with Crippen LogP contribution in [0, 0.1) is 5.92 Å². The van der Waals surface area contributed by atoms with Crippen LogP contribution in [0.25, 0.3) is 0 Å². The first kappa shape index (κ1) is 14.6. The third-order valence-corrected chi connectivity index (χ3v) is 2.56. The van der Waals surface area contributed by atoms with Crippen LogP contribution in [0.4, 0.5) is 0 Å². The third-order valence-electron chi connectivity index (χ3n) is 2.56. The van der Waals surface area contributed by atoms with Crippen LogP contribution in [-0.4, -0.2) is 45.3 Å². The highest BCUT2D eigenvalue weighted by atomic mass is 16.3. The topological polar surface area (TPSA) is 80.9 Å². The summed E-state index contributed by atoms with van der Waals surface area (Å²) in [5, 5.41) is 37.0. The third kappa shape index (κ3) is 5.89. The maximum Gasteiger partial charge on any atom is 0.0858 e. The van der Waals surface area contributed by atoms with Gasteiger partial charge in [-0.15, -0.1) is 6.58 Å². The van der Waals surface area contributed by atoms with Gasteiger partial charge >= 0.3 is 0 Å². The fraction of sp³-hybridized carbons (Fsp3) is 0.818. The molecule has 0 aromatic heterocycles. The minimum Gasteiger partial charge on any atom is -0.396 e. The fourth-order valence-corrected chi connectivity index (χ4v) is 1.32. The van der Waals surface area contributed by atoms with Gasteiger partial charge in [-0.25, -0.2) is 0 Å². The summed E-state index contributed by atoms with van der Waals surface area (Å²) in [5.41, 5.74) is 0. The lowest BCUT2D eigenvalue weighted by Crippen LogP contribution is -2.32. The molecule has 4 heteroatoms. The molecule has 0 saturated heterocycles. The van der Waals surface area contributed by atoms with E-state index in [1.807, 2.05) is 0 Å². The van der Waals surface area contributed by atoms with Crippen molar-refractivity contribution in [2.24, 2.45) is 5.92 Å². The van der Waals surface area contributed by atoms with Crippen LogP contribution in [-0.2, 0) is 0 Å². The molecule has 0 aromatic carbocycles. The first-order valence-corrected chi connectivity index (χ1v) is 5.30. The number of rotatable bonds is 8. The molecule has 0 aliphatic carbocycles. The predicted octanol–water partition coefficient (Wildman–Crippen LogP) is 0.0538. The van der Waals surface area contributed by atoms with Crippen LogP contribution in [0.15, 0.2) is 12.7 Å². The van der Waals surface area contributed by atoms with E-state index in [4.69, 9.17) is 5.11 Å². The Balaban J connectivity index is 3.81. The van der Waals surface area contributed by atoms with E-state index in [-0.39, 0.29) is 12.5 Å². The van der Waals surface area contributed by atoms with Gasteiger partial charge in [-0.3, -0.25) is 0 Å². The Bertz CT molecular complexity index is 172. The van der Waals surface area contributed by atoms with Crippen LogP contribution < -0.4 is 0 Å². The van der Waals surface area contributed by atoms with Crippen molar-refractivity contribution in [3.63, 3.8) is 0 Å². The minimum atomic E-state index is -0.855. The SMILES string of the molecule is C=CC(C)C(O)C(O)CC[C@H](O)CCO. The Hall–Kier alpha value is -0.420. The summed E-state index contributed by atoms with van der Waals surface area (Å²) >= 11 is 0. The predicted molar refractivity (Wildman–Crippen MR) is 58.3 cm³/mol. The molecule has 4 atom stereocenters. The van der Waals surface area contributed by atoms with Crippen molar-refractivity contribution in [3.05, 3.63) is 12.7 Å². The maximum absolute atomic E-state index is 9.58. The van der Waals surface area contributed by atoms with E-state index >= 15 is 0 Å². The minimum absolute atomic E-state index is 0.0666. The summed E-state index contributed by atoms with van der Waals surface area (Å²) in [7, 11) is 0. The largest absolute Gasteiger partial charge is 0.396 e. The van der Waals surface area contributed by atoms with Crippen LogP contribution >= 0.6 is 0 Å². The molecule has 0 aliphatic heterocycles. The van der Waals surface area contributed by atoms with E-state index in [0.717, 1.165) is 0 Å². The lowest BCUT2D eigenvalue weighted by atomic mass is 9.95. The standard InChI is InChI=1S/C11H22O4/c1-3-8(2)11(15)10(14)5-4-9(13)6-7-12/h3,8-15H,1,4-7H2,2H3/t8?,9-,10?,11?/m0/s1. The molecule has 4 nitrogen and oxygen atoms in total. The zero-order chi connectivity index (χ0) is 11.8. The van der Waals surface area contributed by atoms with Crippen LogP contribution in [0.1, 0.15) is 26.2 Å². The average molecular weight is 218 g/mol. The van der Waals surface area contributed by atoms with E-state index < -0.39 is 18.3 Å². The molecular formula is C11H22O4. The lowest BCUT2D eigenvalue weighted by Gasteiger charge is -2.22. The summed E-state index contributed by atoms with van der Waals surface area (Å²) in [4.78, 5) is 0. The monoisotopic (exact) mass is 218 g/mol. The summed E-state index contributed by atoms with van der Waals surface area (Å²) in [6.07, 6.45) is 0.271. The van der Waals surface area contributed by atoms with Gasteiger partial charge in [0.05, 0.1) is 18.3 Å². The second-order valence-electron chi connectivity index (χ2n) is 3.90. The summed E-state index contributed by atoms with van der Waals surface area (Å²) in [6.45, 7) is 5.24. The fourth-order valence-electron chi connectivity index (χ4n) is 1.32. The van der Waals surface area contributed by atoms with Crippen molar-refractivity contribution in [1.82, 2.24) is 0 Å². The van der Waals surface area contributed by atoms with Crippen LogP contribution in [0.3, 0.4) is 0 Å². The number of hydrogen-bond donors (Lipinski definition) is 4. The molecule has 0 spiro atoms. The van der Waals surface area contributed by atoms with E-state index in [1.165, 1.54) is 0 Å². The smallest absolute Gasteiger partial charge is 0.0858 e. The molecule has 3 unspecified atom stereocenters. The Morgan fingerprint density at radius 1 is 1.13 bits per heavy atom. The molecule has 0 amide bonds. The normalized spacial score (nSPS) is 19.3. The highest BCUT2D eigenvalue weighted by molar-refractivity contribution is 4.85. The lowest BCUT2D eigenvalue weighted by molar-refractivity contribution is -0.0138. The number of aliphatic hydroxyl groups is 4. The molecule has 0 saturated carbocycles. The number of hydrogen-bond acceptors (Lipinski definition) is 4. The molecule has 0 rings (SSSR count). The zero-order valence-electron chi connectivity index (χ0n) is 9.21. The molecule has 90 valence electrons. The van der Waals surface area contributed by atoms with E-state index in [1.54, 1.807) is 13.0 Å².